The number of nitrogens with one attached hydrogen (secondary N) is 2. The Kier molecular flexibility index (Phi) is 6.13. The fourth-order valence-corrected chi connectivity index (χ4v) is 2.92. The largest absolute Gasteiger partial charge is 0.489 e. The van der Waals surface area contributed by atoms with Crippen molar-refractivity contribution in [1.29, 1.82) is 0 Å². The number of carbonyl (C=O) groups is 1. The number of amides is 1. The van der Waals surface area contributed by atoms with Crippen LogP contribution in [-0.4, -0.2) is 20.9 Å². The van der Waals surface area contributed by atoms with Crippen LogP contribution in [-0.2, 0) is 11.4 Å². The molecule has 4 rings (SSSR count). The molecule has 31 heavy (non-hydrogen) atoms. The number of hydrogen-bond donors (Lipinski definition) is 2. The minimum absolute atomic E-state index is 0.102. The fraction of sp³-hybridized carbons (Fsp3) is 0.0833. The van der Waals surface area contributed by atoms with E-state index in [9.17, 15) is 4.79 Å². The number of hydrogen-bond acceptors (Lipinski definition) is 6. The summed E-state index contributed by atoms with van der Waals surface area (Å²) in [6, 6.07) is 20.8. The van der Waals surface area contributed by atoms with Crippen molar-refractivity contribution in [2.24, 2.45) is 0 Å². The van der Waals surface area contributed by atoms with Gasteiger partial charge in [0.05, 0.1) is 5.69 Å². The van der Waals surface area contributed by atoms with E-state index in [0.29, 0.717) is 12.6 Å². The summed E-state index contributed by atoms with van der Waals surface area (Å²) in [4.78, 5) is 24.0. The second-order valence-electron chi connectivity index (χ2n) is 6.82. The number of pyridine rings is 1. The number of aromatic nitrogens is 3. The van der Waals surface area contributed by atoms with Crippen LogP contribution in [0.5, 0.6) is 5.75 Å². The molecule has 0 aliphatic heterocycles. The lowest BCUT2D eigenvalue weighted by atomic mass is 10.1. The van der Waals surface area contributed by atoms with Gasteiger partial charge in [0.15, 0.2) is 0 Å². The van der Waals surface area contributed by atoms with E-state index in [1.807, 2.05) is 66.7 Å². The van der Waals surface area contributed by atoms with Crippen molar-refractivity contribution in [2.75, 3.05) is 10.6 Å². The van der Waals surface area contributed by atoms with Crippen molar-refractivity contribution in [3.05, 3.63) is 90.9 Å². The zero-order chi connectivity index (χ0) is 21.5. The third-order valence-electron chi connectivity index (χ3n) is 4.42. The van der Waals surface area contributed by atoms with Crippen LogP contribution in [0.25, 0.3) is 11.3 Å². The Bertz CT molecular complexity index is 1150. The molecule has 4 aromatic rings. The smallest absolute Gasteiger partial charge is 0.227 e. The molecule has 7 nitrogen and oxygen atoms in total. The maximum absolute atomic E-state index is 11.2. The molecule has 0 fully saturated rings. The van der Waals surface area contributed by atoms with Crippen molar-refractivity contribution < 1.29 is 9.53 Å². The lowest BCUT2D eigenvalue weighted by molar-refractivity contribution is -0.114. The third-order valence-corrected chi connectivity index (χ3v) is 4.42. The van der Waals surface area contributed by atoms with Crippen LogP contribution in [0.15, 0.2) is 85.3 Å². The van der Waals surface area contributed by atoms with E-state index in [4.69, 9.17) is 4.74 Å². The van der Waals surface area contributed by atoms with Crippen LogP contribution >= 0.6 is 0 Å². The van der Waals surface area contributed by atoms with E-state index in [2.05, 4.69) is 25.6 Å². The molecule has 0 radical (unpaired) electrons. The molecule has 2 heterocycles. The lowest BCUT2D eigenvalue weighted by Crippen LogP contribution is -2.05. The number of ether oxygens (including phenoxy) is 1. The van der Waals surface area contributed by atoms with Crippen LogP contribution < -0.4 is 15.4 Å². The monoisotopic (exact) mass is 411 g/mol. The van der Waals surface area contributed by atoms with Crippen molar-refractivity contribution >= 4 is 23.2 Å². The van der Waals surface area contributed by atoms with Crippen LogP contribution in [0.1, 0.15) is 12.5 Å². The second-order valence-corrected chi connectivity index (χ2v) is 6.82. The zero-order valence-electron chi connectivity index (χ0n) is 16.9. The highest BCUT2D eigenvalue weighted by molar-refractivity contribution is 5.88. The number of benzene rings is 2. The highest BCUT2D eigenvalue weighted by Crippen LogP contribution is 2.23. The number of carbonyl (C=O) groups excluding carboxylic acids is 1. The highest BCUT2D eigenvalue weighted by Gasteiger charge is 2.05. The molecule has 0 aliphatic carbocycles. The molecule has 154 valence electrons. The first kappa shape index (κ1) is 20.0. The predicted octanol–water partition coefficient (Wildman–Crippen LogP) is 4.82. The van der Waals surface area contributed by atoms with E-state index in [1.54, 1.807) is 18.6 Å². The number of anilines is 3. The first-order valence-electron chi connectivity index (χ1n) is 9.75. The van der Waals surface area contributed by atoms with Gasteiger partial charge in [-0.3, -0.25) is 9.78 Å². The molecule has 0 saturated carbocycles. The van der Waals surface area contributed by atoms with Crippen molar-refractivity contribution in [2.45, 2.75) is 13.5 Å². The predicted molar refractivity (Wildman–Crippen MR) is 120 cm³/mol. The van der Waals surface area contributed by atoms with Gasteiger partial charge < -0.3 is 15.4 Å². The molecular formula is C24H21N5O2. The molecule has 2 aromatic carbocycles. The number of rotatable bonds is 7. The molecule has 0 saturated heterocycles. The molecule has 0 aliphatic rings. The molecule has 0 unspecified atom stereocenters. The van der Waals surface area contributed by atoms with Gasteiger partial charge in [-0.25, -0.2) is 9.97 Å². The van der Waals surface area contributed by atoms with E-state index in [0.717, 1.165) is 33.9 Å². The first-order valence-corrected chi connectivity index (χ1v) is 9.75. The van der Waals surface area contributed by atoms with Crippen LogP contribution in [0.3, 0.4) is 0 Å². The summed E-state index contributed by atoms with van der Waals surface area (Å²) < 4.78 is 5.79. The summed E-state index contributed by atoms with van der Waals surface area (Å²) in [6.45, 7) is 1.97. The Morgan fingerprint density at radius 3 is 2.29 bits per heavy atom. The van der Waals surface area contributed by atoms with Gasteiger partial charge in [-0.2, -0.15) is 0 Å². The van der Waals surface area contributed by atoms with Crippen molar-refractivity contribution in [3.63, 3.8) is 0 Å². The summed E-state index contributed by atoms with van der Waals surface area (Å²) in [7, 11) is 0. The van der Waals surface area contributed by atoms with Gasteiger partial charge in [0.25, 0.3) is 0 Å². The topological polar surface area (TPSA) is 89.0 Å². The first-order chi connectivity index (χ1) is 15.2. The average molecular weight is 411 g/mol. The molecular weight excluding hydrogens is 390 g/mol. The van der Waals surface area contributed by atoms with E-state index in [1.165, 1.54) is 6.92 Å². The Hall–Kier alpha value is -4.26. The maximum Gasteiger partial charge on any atom is 0.227 e. The quantitative estimate of drug-likeness (QED) is 0.453. The van der Waals surface area contributed by atoms with Gasteiger partial charge in [-0.15, -0.1) is 0 Å². The second kappa shape index (κ2) is 9.49. The third kappa shape index (κ3) is 5.63. The molecule has 0 atom stereocenters. The van der Waals surface area contributed by atoms with Gasteiger partial charge in [0.2, 0.25) is 11.9 Å². The Labute approximate surface area is 180 Å². The SMILES string of the molecule is CC(=O)Nc1ccc(-c2ccnc(Nc3ccc(OCc4ccncc4)cc3)n2)cc1. The van der Waals surface area contributed by atoms with Gasteiger partial charge in [-0.05, 0) is 60.2 Å². The van der Waals surface area contributed by atoms with E-state index < -0.39 is 0 Å². The molecule has 0 spiro atoms. The standard InChI is InChI=1S/C24H21N5O2/c1-17(30)27-20-4-2-19(3-5-20)23-12-15-26-24(29-23)28-21-6-8-22(9-7-21)31-16-18-10-13-25-14-11-18/h2-15H,16H2,1H3,(H,27,30)(H,26,28,29). The summed E-state index contributed by atoms with van der Waals surface area (Å²) in [5.41, 5.74) is 4.38. The molecule has 7 heteroatoms. The summed E-state index contributed by atoms with van der Waals surface area (Å²) >= 11 is 0. The zero-order valence-corrected chi connectivity index (χ0v) is 16.9. The number of nitrogens with zero attached hydrogens (tertiary/aromatic N) is 3. The van der Waals surface area contributed by atoms with Crippen molar-refractivity contribution in [1.82, 2.24) is 15.0 Å². The normalized spacial score (nSPS) is 10.4. The average Bonchev–Trinajstić information content (AvgIpc) is 2.80. The Morgan fingerprint density at radius 2 is 1.58 bits per heavy atom. The van der Waals surface area contributed by atoms with Gasteiger partial charge in [0.1, 0.15) is 12.4 Å². The summed E-state index contributed by atoms with van der Waals surface area (Å²) in [5.74, 6) is 1.17. The Morgan fingerprint density at radius 1 is 0.871 bits per heavy atom. The molecule has 0 bridgehead atoms. The van der Waals surface area contributed by atoms with Crippen LogP contribution in [0.2, 0.25) is 0 Å². The maximum atomic E-state index is 11.2. The van der Waals surface area contributed by atoms with Crippen LogP contribution in [0, 0.1) is 0 Å². The minimum Gasteiger partial charge on any atom is -0.489 e. The summed E-state index contributed by atoms with van der Waals surface area (Å²) in [6.07, 6.45) is 5.20. The van der Waals surface area contributed by atoms with E-state index in [-0.39, 0.29) is 5.91 Å². The Balaban J connectivity index is 1.40. The summed E-state index contributed by atoms with van der Waals surface area (Å²) in [5, 5.41) is 5.96. The highest BCUT2D eigenvalue weighted by atomic mass is 16.5. The fourth-order valence-electron chi connectivity index (χ4n) is 2.92. The molecule has 2 N–H and O–H groups in total. The lowest BCUT2D eigenvalue weighted by Gasteiger charge is -2.09. The molecule has 1 amide bonds. The molecule has 2 aromatic heterocycles. The minimum atomic E-state index is -0.102. The van der Waals surface area contributed by atoms with Gasteiger partial charge in [0, 0.05) is 42.5 Å². The van der Waals surface area contributed by atoms with E-state index >= 15 is 0 Å². The van der Waals surface area contributed by atoms with Gasteiger partial charge >= 0.3 is 0 Å². The van der Waals surface area contributed by atoms with Crippen molar-refractivity contribution in [3.8, 4) is 17.0 Å². The van der Waals surface area contributed by atoms with Crippen LogP contribution in [0.4, 0.5) is 17.3 Å². The van der Waals surface area contributed by atoms with Gasteiger partial charge in [-0.1, -0.05) is 12.1 Å².